The molecule has 1 aromatic carbocycles. The molecule has 0 aliphatic rings. The summed E-state index contributed by atoms with van der Waals surface area (Å²) < 4.78 is 10.2. The summed E-state index contributed by atoms with van der Waals surface area (Å²) in [4.78, 5) is 40.7. The number of aryl methyl sites for hydroxylation is 1. The highest BCUT2D eigenvalue weighted by Crippen LogP contribution is 2.24. The minimum absolute atomic E-state index is 0.00992. The van der Waals surface area contributed by atoms with Gasteiger partial charge >= 0.3 is 11.9 Å². The average Bonchev–Trinajstić information content (AvgIpc) is 3.27. The number of amides is 1. The third-order valence-corrected chi connectivity index (χ3v) is 5.07. The summed E-state index contributed by atoms with van der Waals surface area (Å²) in [6.45, 7) is 1.80. The molecule has 0 saturated carbocycles. The first-order valence-corrected chi connectivity index (χ1v) is 9.88. The SMILES string of the molecule is COC(=O)c1c(COC(=O)CCNC(=O)c2ccsc2)nc2ccccc2c1C. The quantitative estimate of drug-likeness (QED) is 0.599. The second kappa shape index (κ2) is 9.29. The standard InChI is InChI=1S/C21H20N2O5S/c1-13-15-5-3-4-6-16(15)23-17(19(13)21(26)27-2)11-28-18(24)7-9-22-20(25)14-8-10-29-12-14/h3-6,8,10,12H,7,9,11H2,1-2H3,(H,22,25). The van der Waals surface area contributed by atoms with Crippen LogP contribution in [0, 0.1) is 6.92 Å². The van der Waals surface area contributed by atoms with E-state index in [1.807, 2.05) is 31.2 Å². The van der Waals surface area contributed by atoms with Crippen LogP contribution in [0.4, 0.5) is 0 Å². The Morgan fingerprint density at radius 3 is 2.69 bits per heavy atom. The third kappa shape index (κ3) is 4.78. The molecule has 0 bridgehead atoms. The molecule has 7 nitrogen and oxygen atoms in total. The Labute approximate surface area is 171 Å². The van der Waals surface area contributed by atoms with Crippen LogP contribution in [0.3, 0.4) is 0 Å². The number of carbonyl (C=O) groups excluding carboxylic acids is 3. The zero-order valence-electron chi connectivity index (χ0n) is 16.1. The Hall–Kier alpha value is -3.26. The van der Waals surface area contributed by atoms with Crippen molar-refractivity contribution in [1.29, 1.82) is 0 Å². The lowest BCUT2D eigenvalue weighted by Crippen LogP contribution is -2.26. The Morgan fingerprint density at radius 1 is 1.17 bits per heavy atom. The van der Waals surface area contributed by atoms with Crippen LogP contribution in [-0.2, 0) is 20.9 Å². The Balaban J connectivity index is 1.65. The van der Waals surface area contributed by atoms with E-state index < -0.39 is 11.9 Å². The summed E-state index contributed by atoms with van der Waals surface area (Å²) in [6, 6.07) is 9.12. The Kier molecular flexibility index (Phi) is 6.56. The summed E-state index contributed by atoms with van der Waals surface area (Å²) in [5, 5.41) is 7.03. The number of para-hydroxylation sites is 1. The summed E-state index contributed by atoms with van der Waals surface area (Å²) in [6.07, 6.45) is 0.00992. The molecular formula is C21H20N2O5S. The molecule has 0 radical (unpaired) electrons. The number of nitrogens with one attached hydrogen (secondary N) is 1. The van der Waals surface area contributed by atoms with Crippen LogP contribution in [-0.4, -0.2) is 36.5 Å². The van der Waals surface area contributed by atoms with Gasteiger partial charge < -0.3 is 14.8 Å². The number of hydrogen-bond acceptors (Lipinski definition) is 7. The van der Waals surface area contributed by atoms with E-state index in [4.69, 9.17) is 9.47 Å². The second-order valence-corrected chi connectivity index (χ2v) is 7.03. The average molecular weight is 412 g/mol. The van der Waals surface area contributed by atoms with Crippen molar-refractivity contribution in [3.05, 3.63) is 63.5 Å². The lowest BCUT2D eigenvalue weighted by atomic mass is 10.0. The molecule has 0 unspecified atom stereocenters. The first kappa shape index (κ1) is 20.5. The van der Waals surface area contributed by atoms with Crippen LogP contribution in [0.1, 0.15) is 38.4 Å². The molecule has 0 saturated heterocycles. The maximum Gasteiger partial charge on any atom is 0.340 e. The van der Waals surface area contributed by atoms with Crippen molar-refractivity contribution < 1.29 is 23.9 Å². The van der Waals surface area contributed by atoms with E-state index in [1.54, 1.807) is 16.8 Å². The number of methoxy groups -OCH3 is 1. The number of rotatable bonds is 7. The fourth-order valence-corrected chi connectivity index (χ4v) is 3.55. The number of carbonyl (C=O) groups is 3. The third-order valence-electron chi connectivity index (χ3n) is 4.38. The van der Waals surface area contributed by atoms with Crippen molar-refractivity contribution in [2.75, 3.05) is 13.7 Å². The highest BCUT2D eigenvalue weighted by Gasteiger charge is 2.20. The van der Waals surface area contributed by atoms with Crippen LogP contribution < -0.4 is 5.32 Å². The van der Waals surface area contributed by atoms with Gasteiger partial charge in [0.1, 0.15) is 6.61 Å². The number of hydrogen-bond donors (Lipinski definition) is 1. The minimum atomic E-state index is -0.533. The molecule has 3 aromatic rings. The van der Waals surface area contributed by atoms with Gasteiger partial charge in [0.25, 0.3) is 5.91 Å². The second-order valence-electron chi connectivity index (χ2n) is 6.25. The summed E-state index contributed by atoms with van der Waals surface area (Å²) in [5.74, 6) is -1.27. The summed E-state index contributed by atoms with van der Waals surface area (Å²) in [7, 11) is 1.29. The molecule has 150 valence electrons. The monoisotopic (exact) mass is 412 g/mol. The van der Waals surface area contributed by atoms with Crippen LogP contribution >= 0.6 is 11.3 Å². The van der Waals surface area contributed by atoms with Gasteiger partial charge in [-0.2, -0.15) is 11.3 Å². The molecule has 3 rings (SSSR count). The zero-order valence-corrected chi connectivity index (χ0v) is 16.9. The van der Waals surface area contributed by atoms with E-state index in [0.717, 1.165) is 10.9 Å². The molecule has 0 atom stereocenters. The van der Waals surface area contributed by atoms with Gasteiger partial charge in [-0.25, -0.2) is 9.78 Å². The molecule has 8 heteroatoms. The summed E-state index contributed by atoms with van der Waals surface area (Å²) in [5.41, 5.74) is 2.61. The van der Waals surface area contributed by atoms with E-state index >= 15 is 0 Å². The molecule has 0 fully saturated rings. The van der Waals surface area contributed by atoms with Gasteiger partial charge in [0, 0.05) is 22.9 Å². The van der Waals surface area contributed by atoms with Gasteiger partial charge in [-0.3, -0.25) is 9.59 Å². The fourth-order valence-electron chi connectivity index (χ4n) is 2.91. The van der Waals surface area contributed by atoms with Gasteiger partial charge in [0.05, 0.1) is 30.3 Å². The van der Waals surface area contributed by atoms with Crippen molar-refractivity contribution in [2.24, 2.45) is 0 Å². The number of ether oxygens (including phenoxy) is 2. The largest absolute Gasteiger partial charge is 0.465 e. The molecule has 29 heavy (non-hydrogen) atoms. The van der Waals surface area contributed by atoms with Crippen LogP contribution in [0.5, 0.6) is 0 Å². The fraction of sp³-hybridized carbons (Fsp3) is 0.238. The summed E-state index contributed by atoms with van der Waals surface area (Å²) >= 11 is 1.42. The van der Waals surface area contributed by atoms with Gasteiger partial charge in [-0.05, 0) is 30.0 Å². The van der Waals surface area contributed by atoms with E-state index in [0.29, 0.717) is 22.3 Å². The molecule has 2 heterocycles. The normalized spacial score (nSPS) is 10.6. The van der Waals surface area contributed by atoms with Gasteiger partial charge in [0.15, 0.2) is 0 Å². The molecule has 2 aromatic heterocycles. The number of nitrogens with zero attached hydrogens (tertiary/aromatic N) is 1. The van der Waals surface area contributed by atoms with Crippen molar-refractivity contribution in [2.45, 2.75) is 20.0 Å². The Bertz CT molecular complexity index is 1050. The highest BCUT2D eigenvalue weighted by atomic mass is 32.1. The lowest BCUT2D eigenvalue weighted by Gasteiger charge is -2.13. The van der Waals surface area contributed by atoms with Gasteiger partial charge in [-0.15, -0.1) is 0 Å². The van der Waals surface area contributed by atoms with Crippen LogP contribution in [0.2, 0.25) is 0 Å². The molecule has 1 N–H and O–H groups in total. The molecule has 1 amide bonds. The van der Waals surface area contributed by atoms with E-state index in [1.165, 1.54) is 18.4 Å². The van der Waals surface area contributed by atoms with Crippen molar-refractivity contribution >= 4 is 40.1 Å². The maximum atomic E-state index is 12.3. The number of fused-ring (bicyclic) bond motifs is 1. The number of pyridine rings is 1. The predicted octanol–water partition coefficient (Wildman–Crippen LogP) is 3.25. The van der Waals surface area contributed by atoms with E-state index in [-0.39, 0.29) is 25.5 Å². The number of thiophene rings is 1. The topological polar surface area (TPSA) is 94.6 Å². The Morgan fingerprint density at radius 2 is 1.97 bits per heavy atom. The zero-order chi connectivity index (χ0) is 20.8. The molecular weight excluding hydrogens is 392 g/mol. The number of aromatic nitrogens is 1. The first-order valence-electron chi connectivity index (χ1n) is 8.93. The van der Waals surface area contributed by atoms with E-state index in [2.05, 4.69) is 10.3 Å². The number of esters is 2. The number of benzene rings is 1. The smallest absolute Gasteiger partial charge is 0.340 e. The minimum Gasteiger partial charge on any atom is -0.465 e. The highest BCUT2D eigenvalue weighted by molar-refractivity contribution is 7.08. The van der Waals surface area contributed by atoms with Crippen molar-refractivity contribution in [3.63, 3.8) is 0 Å². The molecule has 0 aliphatic heterocycles. The van der Waals surface area contributed by atoms with Crippen LogP contribution in [0.25, 0.3) is 10.9 Å². The molecule has 0 aliphatic carbocycles. The van der Waals surface area contributed by atoms with Crippen LogP contribution in [0.15, 0.2) is 41.1 Å². The van der Waals surface area contributed by atoms with Gasteiger partial charge in [-0.1, -0.05) is 18.2 Å². The van der Waals surface area contributed by atoms with Crippen molar-refractivity contribution in [1.82, 2.24) is 10.3 Å². The van der Waals surface area contributed by atoms with Gasteiger partial charge in [0.2, 0.25) is 0 Å². The lowest BCUT2D eigenvalue weighted by molar-refractivity contribution is -0.144. The van der Waals surface area contributed by atoms with E-state index in [9.17, 15) is 14.4 Å². The maximum absolute atomic E-state index is 12.3. The predicted molar refractivity (Wildman–Crippen MR) is 109 cm³/mol. The van der Waals surface area contributed by atoms with Crippen molar-refractivity contribution in [3.8, 4) is 0 Å². The first-order chi connectivity index (χ1) is 14.0. The molecule has 0 spiro atoms.